The molecule has 3 aromatic carbocycles. The van der Waals surface area contributed by atoms with Crippen LogP contribution in [0.2, 0.25) is 5.02 Å². The number of hydrogen-bond donors (Lipinski definition) is 0. The van der Waals surface area contributed by atoms with Gasteiger partial charge in [0, 0.05) is 15.1 Å². The van der Waals surface area contributed by atoms with E-state index in [0.717, 1.165) is 15.6 Å². The van der Waals surface area contributed by atoms with E-state index < -0.39 is 10.0 Å². The van der Waals surface area contributed by atoms with Crippen LogP contribution in [0.3, 0.4) is 0 Å². The molecule has 0 aromatic heterocycles. The van der Waals surface area contributed by atoms with Crippen LogP contribution in [0.25, 0.3) is 6.08 Å². The largest absolute Gasteiger partial charge is 0.282 e. The molecular formula is C22H17BrClNO2S. The predicted octanol–water partition coefficient (Wildman–Crippen LogP) is 6.30. The summed E-state index contributed by atoms with van der Waals surface area (Å²) in [5.74, 6) is 0. The molecule has 6 heteroatoms. The van der Waals surface area contributed by atoms with Gasteiger partial charge in [0.2, 0.25) is 0 Å². The van der Waals surface area contributed by atoms with Crippen molar-refractivity contribution in [3.05, 3.63) is 105 Å². The Morgan fingerprint density at radius 1 is 0.929 bits per heavy atom. The summed E-state index contributed by atoms with van der Waals surface area (Å²) in [5, 5.41) is 0.640. The molecule has 3 aromatic rings. The number of allylic oxidation sites excluding steroid dienone is 1. The molecule has 28 heavy (non-hydrogen) atoms. The number of aryl methyl sites for hydroxylation is 1. The highest BCUT2D eigenvalue weighted by atomic mass is 79.9. The molecule has 0 aliphatic rings. The second-order valence-electron chi connectivity index (χ2n) is 6.16. The van der Waals surface area contributed by atoms with Gasteiger partial charge in [-0.1, -0.05) is 75.6 Å². The molecule has 0 saturated carbocycles. The highest BCUT2D eigenvalue weighted by molar-refractivity contribution is 9.10. The second-order valence-corrected chi connectivity index (χ2v) is 9.11. The molecule has 0 saturated heterocycles. The van der Waals surface area contributed by atoms with Gasteiger partial charge in [0.1, 0.15) is 0 Å². The summed E-state index contributed by atoms with van der Waals surface area (Å²) in [4.78, 5) is 0.160. The van der Waals surface area contributed by atoms with Crippen molar-refractivity contribution in [3.63, 3.8) is 0 Å². The Morgan fingerprint density at radius 2 is 1.54 bits per heavy atom. The summed E-state index contributed by atoms with van der Waals surface area (Å²) in [7, 11) is -3.84. The van der Waals surface area contributed by atoms with Gasteiger partial charge in [-0.15, -0.1) is 0 Å². The lowest BCUT2D eigenvalue weighted by Crippen LogP contribution is -2.04. The van der Waals surface area contributed by atoms with E-state index in [1.165, 1.54) is 0 Å². The van der Waals surface area contributed by atoms with Gasteiger partial charge in [-0.05, 0) is 55.0 Å². The van der Waals surface area contributed by atoms with Crippen LogP contribution in [0.15, 0.2) is 92.6 Å². The summed E-state index contributed by atoms with van der Waals surface area (Å²) in [5.41, 5.74) is 2.92. The van der Waals surface area contributed by atoms with Crippen molar-refractivity contribution in [2.45, 2.75) is 11.8 Å². The van der Waals surface area contributed by atoms with Crippen LogP contribution in [-0.2, 0) is 10.0 Å². The quantitative estimate of drug-likeness (QED) is 0.407. The molecule has 3 nitrogen and oxygen atoms in total. The molecule has 0 spiro atoms. The molecule has 0 amide bonds. The van der Waals surface area contributed by atoms with Crippen LogP contribution in [0, 0.1) is 6.92 Å². The Kier molecular flexibility index (Phi) is 6.50. The van der Waals surface area contributed by atoms with E-state index in [-0.39, 0.29) is 4.90 Å². The monoisotopic (exact) mass is 473 g/mol. The third-order valence-corrected chi connectivity index (χ3v) is 6.07. The molecule has 3 rings (SSSR count). The Balaban J connectivity index is 2.04. The maximum absolute atomic E-state index is 12.8. The maximum atomic E-state index is 12.8. The van der Waals surface area contributed by atoms with Gasteiger partial charge >= 0.3 is 0 Å². The van der Waals surface area contributed by atoms with Crippen molar-refractivity contribution in [3.8, 4) is 0 Å². The fraction of sp³-hybridized carbons (Fsp3) is 0.0455. The normalized spacial score (nSPS) is 12.5. The molecule has 142 valence electrons. The predicted molar refractivity (Wildman–Crippen MR) is 120 cm³/mol. The van der Waals surface area contributed by atoms with Crippen molar-refractivity contribution in [2.75, 3.05) is 0 Å². The average molecular weight is 475 g/mol. The van der Waals surface area contributed by atoms with E-state index in [4.69, 9.17) is 11.6 Å². The first-order valence-corrected chi connectivity index (χ1v) is 11.1. The van der Waals surface area contributed by atoms with E-state index in [1.807, 2.05) is 49.4 Å². The van der Waals surface area contributed by atoms with Crippen LogP contribution >= 0.6 is 27.5 Å². The van der Waals surface area contributed by atoms with Crippen LogP contribution in [0.4, 0.5) is 0 Å². The first kappa shape index (κ1) is 20.5. The van der Waals surface area contributed by atoms with Gasteiger partial charge in [0.15, 0.2) is 0 Å². The summed E-state index contributed by atoms with van der Waals surface area (Å²) >= 11 is 9.31. The lowest BCUT2D eigenvalue weighted by molar-refractivity contribution is 0.598. The fourth-order valence-corrected chi connectivity index (χ4v) is 3.84. The summed E-state index contributed by atoms with van der Waals surface area (Å²) in [6, 6.07) is 21.2. The van der Waals surface area contributed by atoms with Crippen LogP contribution in [0.5, 0.6) is 0 Å². The van der Waals surface area contributed by atoms with Crippen LogP contribution in [-0.4, -0.2) is 14.1 Å². The Morgan fingerprint density at radius 3 is 2.14 bits per heavy atom. The highest BCUT2D eigenvalue weighted by Crippen LogP contribution is 2.18. The fourth-order valence-electron chi connectivity index (χ4n) is 2.44. The summed E-state index contributed by atoms with van der Waals surface area (Å²) in [6.07, 6.45) is 3.50. The summed E-state index contributed by atoms with van der Waals surface area (Å²) in [6.45, 7) is 1.90. The van der Waals surface area contributed by atoms with Gasteiger partial charge in [-0.25, -0.2) is 0 Å². The number of halogens is 2. The van der Waals surface area contributed by atoms with E-state index in [1.54, 1.807) is 42.5 Å². The first-order valence-electron chi connectivity index (χ1n) is 8.45. The Labute approximate surface area is 178 Å². The van der Waals surface area contributed by atoms with Crippen molar-refractivity contribution < 1.29 is 8.42 Å². The zero-order chi connectivity index (χ0) is 20.1. The minimum atomic E-state index is -3.84. The Hall–Kier alpha value is -2.21. The SMILES string of the molecule is Cc1ccc(S(=O)(=O)N=C(/C=C/c2ccc(Cl)cc2)c2ccc(Br)cc2)cc1. The summed E-state index contributed by atoms with van der Waals surface area (Å²) < 4.78 is 30.6. The molecule has 0 atom stereocenters. The second kappa shape index (κ2) is 8.86. The Bertz CT molecular complexity index is 1120. The molecule has 0 fully saturated rings. The smallest absolute Gasteiger partial charge is 0.199 e. The third kappa shape index (κ3) is 5.41. The molecular weight excluding hydrogens is 458 g/mol. The molecule has 0 aliphatic carbocycles. The molecule has 0 radical (unpaired) electrons. The van der Waals surface area contributed by atoms with Gasteiger partial charge in [0.25, 0.3) is 10.0 Å². The topological polar surface area (TPSA) is 46.5 Å². The zero-order valence-corrected chi connectivity index (χ0v) is 18.2. The third-order valence-electron chi connectivity index (χ3n) is 3.98. The first-order chi connectivity index (χ1) is 13.3. The van der Waals surface area contributed by atoms with Crippen molar-refractivity contribution in [1.29, 1.82) is 0 Å². The zero-order valence-electron chi connectivity index (χ0n) is 15.0. The van der Waals surface area contributed by atoms with E-state index >= 15 is 0 Å². The van der Waals surface area contributed by atoms with Crippen LogP contribution in [0.1, 0.15) is 16.7 Å². The van der Waals surface area contributed by atoms with Crippen molar-refractivity contribution >= 4 is 49.3 Å². The average Bonchev–Trinajstić information content (AvgIpc) is 2.67. The van der Waals surface area contributed by atoms with E-state index in [0.29, 0.717) is 16.3 Å². The standard InChI is InChI=1S/C22H17BrClNO2S/c1-16-2-13-21(14-3-16)28(26,27)25-22(18-7-9-19(23)10-8-18)15-6-17-4-11-20(24)12-5-17/h2-15H,1H3/b15-6+,25-22?. The van der Waals surface area contributed by atoms with Gasteiger partial charge in [0.05, 0.1) is 10.6 Å². The number of sulfonamides is 1. The van der Waals surface area contributed by atoms with Gasteiger partial charge in [-0.2, -0.15) is 12.8 Å². The lowest BCUT2D eigenvalue weighted by Gasteiger charge is -2.05. The molecule has 0 unspecified atom stereocenters. The van der Waals surface area contributed by atoms with Crippen molar-refractivity contribution in [2.24, 2.45) is 4.40 Å². The van der Waals surface area contributed by atoms with E-state index in [2.05, 4.69) is 20.3 Å². The van der Waals surface area contributed by atoms with Gasteiger partial charge in [-0.3, -0.25) is 0 Å². The lowest BCUT2D eigenvalue weighted by atomic mass is 10.1. The molecule has 0 aliphatic heterocycles. The highest BCUT2D eigenvalue weighted by Gasteiger charge is 2.14. The van der Waals surface area contributed by atoms with Crippen molar-refractivity contribution in [1.82, 2.24) is 0 Å². The van der Waals surface area contributed by atoms with E-state index in [9.17, 15) is 8.42 Å². The van der Waals surface area contributed by atoms with Crippen LogP contribution < -0.4 is 0 Å². The minimum Gasteiger partial charge on any atom is -0.199 e. The molecule has 0 N–H and O–H groups in total. The number of hydrogen-bond acceptors (Lipinski definition) is 2. The minimum absolute atomic E-state index is 0.160. The molecule has 0 bridgehead atoms. The number of nitrogens with zero attached hydrogens (tertiary/aromatic N) is 1. The molecule has 0 heterocycles. The van der Waals surface area contributed by atoms with Gasteiger partial charge < -0.3 is 0 Å². The number of benzene rings is 3. The maximum Gasteiger partial charge on any atom is 0.282 e. The number of rotatable bonds is 5.